The van der Waals surface area contributed by atoms with Gasteiger partial charge < -0.3 is 15.4 Å². The lowest BCUT2D eigenvalue weighted by Crippen LogP contribution is -2.34. The maximum absolute atomic E-state index is 12.8. The molecule has 3 N–H and O–H groups in total. The van der Waals surface area contributed by atoms with Crippen LogP contribution in [0.3, 0.4) is 0 Å². The number of nitrogens with one attached hydrogen (secondary N) is 3. The van der Waals surface area contributed by atoms with Crippen LogP contribution in [0.1, 0.15) is 48.5 Å². The number of carbonyl (C=O) groups is 2. The summed E-state index contributed by atoms with van der Waals surface area (Å²) in [5.41, 5.74) is 2.01. The van der Waals surface area contributed by atoms with Crippen molar-refractivity contribution in [2.24, 2.45) is 0 Å². The maximum Gasteiger partial charge on any atom is 0.261 e. The molecule has 0 aliphatic carbocycles. The molecule has 0 fully saturated rings. The van der Waals surface area contributed by atoms with Crippen molar-refractivity contribution in [3.05, 3.63) is 58.1 Å². The molecule has 0 heterocycles. The molecule has 0 aliphatic heterocycles. The number of carbonyl (C=O) groups excluding carboxylic acids is 2. The van der Waals surface area contributed by atoms with E-state index in [1.54, 1.807) is 31.3 Å². The second-order valence-electron chi connectivity index (χ2n) is 7.00. The SMILES string of the molecule is CCCCCCOc1ccc(Br)cc1C(=O)NC(=S)Nc1ccc(CC(=O)NC)cc1. The van der Waals surface area contributed by atoms with Crippen molar-refractivity contribution >= 4 is 50.8 Å². The molecule has 0 saturated carbocycles. The van der Waals surface area contributed by atoms with E-state index in [-0.39, 0.29) is 16.9 Å². The molecule has 8 heteroatoms. The fourth-order valence-electron chi connectivity index (χ4n) is 2.83. The minimum atomic E-state index is -0.349. The lowest BCUT2D eigenvalue weighted by Gasteiger charge is -2.14. The molecule has 2 aromatic carbocycles. The second kappa shape index (κ2) is 13.1. The van der Waals surface area contributed by atoms with E-state index in [1.807, 2.05) is 18.2 Å². The van der Waals surface area contributed by atoms with Gasteiger partial charge in [-0.25, -0.2) is 0 Å². The van der Waals surface area contributed by atoms with Crippen molar-refractivity contribution in [1.29, 1.82) is 0 Å². The monoisotopic (exact) mass is 505 g/mol. The number of unbranched alkanes of at least 4 members (excludes halogenated alkanes) is 3. The first kappa shape index (κ1) is 24.8. The van der Waals surface area contributed by atoms with Crippen molar-refractivity contribution in [2.75, 3.05) is 19.0 Å². The Morgan fingerprint density at radius 2 is 1.81 bits per heavy atom. The average molecular weight is 506 g/mol. The van der Waals surface area contributed by atoms with Crippen LogP contribution in [0.2, 0.25) is 0 Å². The van der Waals surface area contributed by atoms with Crippen LogP contribution in [0.15, 0.2) is 46.9 Å². The van der Waals surface area contributed by atoms with Gasteiger partial charge in [0.2, 0.25) is 5.91 Å². The predicted molar refractivity (Wildman–Crippen MR) is 132 cm³/mol. The Kier molecular flexibility index (Phi) is 10.5. The van der Waals surface area contributed by atoms with Gasteiger partial charge in [0.25, 0.3) is 5.91 Å². The number of thiocarbonyl (C=S) groups is 1. The van der Waals surface area contributed by atoms with Crippen molar-refractivity contribution in [3.63, 3.8) is 0 Å². The predicted octanol–water partition coefficient (Wildman–Crippen LogP) is 4.82. The van der Waals surface area contributed by atoms with E-state index in [0.717, 1.165) is 29.3 Å². The van der Waals surface area contributed by atoms with E-state index >= 15 is 0 Å². The number of anilines is 1. The van der Waals surface area contributed by atoms with Gasteiger partial charge in [-0.15, -0.1) is 0 Å². The molecule has 0 bridgehead atoms. The van der Waals surface area contributed by atoms with E-state index in [2.05, 4.69) is 38.8 Å². The normalized spacial score (nSPS) is 10.3. The summed E-state index contributed by atoms with van der Waals surface area (Å²) < 4.78 is 6.61. The summed E-state index contributed by atoms with van der Waals surface area (Å²) in [4.78, 5) is 24.2. The first-order valence-corrected chi connectivity index (χ1v) is 11.5. The Labute approximate surface area is 197 Å². The zero-order chi connectivity index (χ0) is 22.6. The Bertz CT molecular complexity index is 903. The summed E-state index contributed by atoms with van der Waals surface area (Å²) in [6.45, 7) is 2.72. The first-order chi connectivity index (χ1) is 14.9. The highest BCUT2D eigenvalue weighted by Crippen LogP contribution is 2.24. The Balaban J connectivity index is 1.95. The highest BCUT2D eigenvalue weighted by Gasteiger charge is 2.15. The van der Waals surface area contributed by atoms with Gasteiger partial charge in [-0.2, -0.15) is 0 Å². The molecule has 0 unspecified atom stereocenters. The Morgan fingerprint density at radius 3 is 2.48 bits per heavy atom. The quantitative estimate of drug-likeness (QED) is 0.318. The largest absolute Gasteiger partial charge is 0.493 e. The molecular formula is C23H28BrN3O3S. The van der Waals surface area contributed by atoms with E-state index in [9.17, 15) is 9.59 Å². The van der Waals surface area contributed by atoms with E-state index < -0.39 is 0 Å². The van der Waals surface area contributed by atoms with Crippen LogP contribution in [0, 0.1) is 0 Å². The third-order valence-corrected chi connectivity index (χ3v) is 5.22. The zero-order valence-corrected chi connectivity index (χ0v) is 20.2. The van der Waals surface area contributed by atoms with E-state index in [1.165, 1.54) is 6.42 Å². The number of halogens is 1. The molecule has 0 saturated heterocycles. The number of benzene rings is 2. The van der Waals surface area contributed by atoms with Gasteiger partial charge in [0.15, 0.2) is 5.11 Å². The molecule has 31 heavy (non-hydrogen) atoms. The summed E-state index contributed by atoms with van der Waals surface area (Å²) >= 11 is 8.69. The van der Waals surface area contributed by atoms with Gasteiger partial charge in [-0.1, -0.05) is 54.2 Å². The molecule has 0 aromatic heterocycles. The van der Waals surface area contributed by atoms with Gasteiger partial charge in [0, 0.05) is 17.2 Å². The fraction of sp³-hybridized carbons (Fsp3) is 0.348. The summed E-state index contributed by atoms with van der Waals surface area (Å²) in [7, 11) is 1.60. The number of hydrogen-bond donors (Lipinski definition) is 3. The molecule has 0 spiro atoms. The van der Waals surface area contributed by atoms with E-state index in [0.29, 0.717) is 30.0 Å². The topological polar surface area (TPSA) is 79.5 Å². The zero-order valence-electron chi connectivity index (χ0n) is 17.8. The molecule has 0 atom stereocenters. The smallest absolute Gasteiger partial charge is 0.261 e. The summed E-state index contributed by atoms with van der Waals surface area (Å²) in [5.74, 6) is 0.123. The van der Waals surface area contributed by atoms with Crippen LogP contribution in [0.25, 0.3) is 0 Å². The van der Waals surface area contributed by atoms with Gasteiger partial charge in [0.1, 0.15) is 5.75 Å². The van der Waals surface area contributed by atoms with Crippen molar-refractivity contribution < 1.29 is 14.3 Å². The number of amides is 2. The highest BCUT2D eigenvalue weighted by molar-refractivity contribution is 9.10. The summed E-state index contributed by atoms with van der Waals surface area (Å²) in [6.07, 6.45) is 4.68. The lowest BCUT2D eigenvalue weighted by molar-refractivity contribution is -0.119. The summed E-state index contributed by atoms with van der Waals surface area (Å²) in [6, 6.07) is 12.6. The van der Waals surface area contributed by atoms with Gasteiger partial charge in [-0.3, -0.25) is 14.9 Å². The average Bonchev–Trinajstić information content (AvgIpc) is 2.75. The van der Waals surface area contributed by atoms with Gasteiger partial charge in [0.05, 0.1) is 18.6 Å². The van der Waals surface area contributed by atoms with Crippen LogP contribution in [-0.2, 0) is 11.2 Å². The molecule has 166 valence electrons. The summed E-state index contributed by atoms with van der Waals surface area (Å²) in [5, 5.41) is 8.45. The molecule has 2 rings (SSSR count). The van der Waals surface area contributed by atoms with Crippen molar-refractivity contribution in [2.45, 2.75) is 39.0 Å². The maximum atomic E-state index is 12.8. The molecule has 2 aromatic rings. The molecular weight excluding hydrogens is 478 g/mol. The first-order valence-electron chi connectivity index (χ1n) is 10.3. The number of hydrogen-bond acceptors (Lipinski definition) is 4. The van der Waals surface area contributed by atoms with Crippen LogP contribution in [-0.4, -0.2) is 30.6 Å². The van der Waals surface area contributed by atoms with Crippen LogP contribution >= 0.6 is 28.1 Å². The van der Waals surface area contributed by atoms with Gasteiger partial charge in [-0.05, 0) is 54.5 Å². The minimum absolute atomic E-state index is 0.0547. The number of rotatable bonds is 10. The third kappa shape index (κ3) is 8.67. The molecule has 6 nitrogen and oxygen atoms in total. The second-order valence-corrected chi connectivity index (χ2v) is 8.33. The minimum Gasteiger partial charge on any atom is -0.493 e. The number of likely N-dealkylation sites (N-methyl/N-ethyl adjacent to an activating group) is 1. The van der Waals surface area contributed by atoms with Gasteiger partial charge >= 0.3 is 0 Å². The number of ether oxygens (including phenoxy) is 1. The van der Waals surface area contributed by atoms with Crippen LogP contribution in [0.4, 0.5) is 5.69 Å². The molecule has 0 aliphatic rings. The van der Waals surface area contributed by atoms with E-state index in [4.69, 9.17) is 17.0 Å². The fourth-order valence-corrected chi connectivity index (χ4v) is 3.40. The standard InChI is InChI=1S/C23H28BrN3O3S/c1-3-4-5-6-13-30-20-12-9-17(24)15-19(20)22(29)27-23(31)26-18-10-7-16(8-11-18)14-21(28)25-2/h7-12,15H,3-6,13-14H2,1-2H3,(H,25,28)(H2,26,27,29,31). The molecule has 0 radical (unpaired) electrons. The van der Waals surface area contributed by atoms with Crippen LogP contribution < -0.4 is 20.7 Å². The third-order valence-electron chi connectivity index (χ3n) is 4.52. The lowest BCUT2D eigenvalue weighted by atomic mass is 10.1. The van der Waals surface area contributed by atoms with Crippen molar-refractivity contribution in [1.82, 2.24) is 10.6 Å². The Morgan fingerprint density at radius 1 is 1.06 bits per heavy atom. The molecule has 2 amide bonds. The van der Waals surface area contributed by atoms with Crippen LogP contribution in [0.5, 0.6) is 5.75 Å². The van der Waals surface area contributed by atoms with Crippen molar-refractivity contribution in [3.8, 4) is 5.75 Å². The highest BCUT2D eigenvalue weighted by atomic mass is 79.9. The Hall–Kier alpha value is -2.45.